The van der Waals surface area contributed by atoms with E-state index >= 15 is 0 Å². The monoisotopic (exact) mass is 438 g/mol. The molecule has 4 rings (SSSR count). The van der Waals surface area contributed by atoms with Crippen LogP contribution in [0.1, 0.15) is 30.2 Å². The molecule has 8 heteroatoms. The molecule has 6 nitrogen and oxygen atoms in total. The Morgan fingerprint density at radius 2 is 2.06 bits per heavy atom. The molecule has 1 atom stereocenters. The zero-order valence-corrected chi connectivity index (χ0v) is 18.1. The lowest BCUT2D eigenvalue weighted by molar-refractivity contribution is -0.118. The Kier molecular flexibility index (Phi) is 5.99. The van der Waals surface area contributed by atoms with Crippen LogP contribution in [0.2, 0.25) is 0 Å². The Morgan fingerprint density at radius 3 is 2.87 bits per heavy atom. The molecule has 0 bridgehead atoms. The molecule has 0 saturated heterocycles. The number of benzene rings is 2. The third-order valence-electron chi connectivity index (χ3n) is 5.22. The first-order valence-corrected chi connectivity index (χ1v) is 11.0. The molecular weight excluding hydrogens is 415 g/mol. The van der Waals surface area contributed by atoms with Gasteiger partial charge in [-0.25, -0.2) is 14.2 Å². The highest BCUT2D eigenvalue weighted by Gasteiger charge is 2.28. The van der Waals surface area contributed by atoms with E-state index < -0.39 is 6.03 Å². The van der Waals surface area contributed by atoms with Crippen LogP contribution in [0.3, 0.4) is 0 Å². The molecule has 160 valence electrons. The number of thiazole rings is 1. The number of hydrogen-bond acceptors (Lipinski definition) is 4. The second-order valence-electron chi connectivity index (χ2n) is 7.69. The van der Waals surface area contributed by atoms with Crippen molar-refractivity contribution < 1.29 is 14.0 Å². The highest BCUT2D eigenvalue weighted by atomic mass is 32.1. The maximum absolute atomic E-state index is 13.6. The van der Waals surface area contributed by atoms with E-state index in [-0.39, 0.29) is 24.2 Å². The summed E-state index contributed by atoms with van der Waals surface area (Å²) in [5.41, 5.74) is 3.93. The van der Waals surface area contributed by atoms with Crippen LogP contribution in [-0.2, 0) is 17.6 Å². The lowest BCUT2D eigenvalue weighted by Gasteiger charge is -2.35. The van der Waals surface area contributed by atoms with Crippen molar-refractivity contribution in [2.45, 2.75) is 39.2 Å². The number of carbonyl (C=O) groups is 2. The molecule has 2 N–H and O–H groups in total. The van der Waals surface area contributed by atoms with Crippen LogP contribution in [0.25, 0.3) is 0 Å². The summed E-state index contributed by atoms with van der Waals surface area (Å²) in [6, 6.07) is 11.7. The fourth-order valence-corrected chi connectivity index (χ4v) is 4.47. The molecule has 2 aromatic carbocycles. The first-order valence-electron chi connectivity index (χ1n) is 10.1. The predicted octanol–water partition coefficient (Wildman–Crippen LogP) is 5.15. The fourth-order valence-electron chi connectivity index (χ4n) is 3.77. The second kappa shape index (κ2) is 8.85. The summed E-state index contributed by atoms with van der Waals surface area (Å²) < 4.78 is 13.6. The molecule has 2 heterocycles. The van der Waals surface area contributed by atoms with Crippen LogP contribution in [-0.4, -0.2) is 23.0 Å². The minimum absolute atomic E-state index is 0.0294. The number of nitrogens with one attached hydrogen (secondary N) is 2. The van der Waals surface area contributed by atoms with E-state index in [2.05, 4.69) is 15.6 Å². The number of anilines is 3. The Bertz CT molecular complexity index is 1130. The van der Waals surface area contributed by atoms with E-state index in [1.165, 1.54) is 23.5 Å². The van der Waals surface area contributed by atoms with Gasteiger partial charge in [0.05, 0.1) is 12.1 Å². The van der Waals surface area contributed by atoms with Crippen molar-refractivity contribution >= 4 is 39.8 Å². The van der Waals surface area contributed by atoms with E-state index in [0.29, 0.717) is 16.5 Å². The van der Waals surface area contributed by atoms with Crippen LogP contribution >= 0.6 is 11.3 Å². The molecule has 3 aromatic rings. The van der Waals surface area contributed by atoms with Crippen LogP contribution in [0.4, 0.5) is 25.7 Å². The predicted molar refractivity (Wildman–Crippen MR) is 121 cm³/mol. The number of carbonyl (C=O) groups excluding carboxylic acids is 2. The molecule has 31 heavy (non-hydrogen) atoms. The number of hydrogen-bond donors (Lipinski definition) is 2. The summed E-state index contributed by atoms with van der Waals surface area (Å²) in [6.07, 6.45) is 1.64. The van der Waals surface area contributed by atoms with Gasteiger partial charge >= 0.3 is 6.03 Å². The number of rotatable bonds is 4. The number of aryl methyl sites for hydroxylation is 2. The van der Waals surface area contributed by atoms with Gasteiger partial charge in [-0.05, 0) is 68.1 Å². The summed E-state index contributed by atoms with van der Waals surface area (Å²) in [4.78, 5) is 31.4. The van der Waals surface area contributed by atoms with Crippen molar-refractivity contribution in [3.05, 3.63) is 70.5 Å². The number of nitrogens with zero attached hydrogens (tertiary/aromatic N) is 2. The van der Waals surface area contributed by atoms with Crippen LogP contribution in [0.5, 0.6) is 0 Å². The molecule has 0 radical (unpaired) electrons. The van der Waals surface area contributed by atoms with Crippen molar-refractivity contribution in [3.63, 3.8) is 0 Å². The summed E-state index contributed by atoms with van der Waals surface area (Å²) in [5.74, 6) is -0.388. The summed E-state index contributed by atoms with van der Waals surface area (Å²) in [6.45, 7) is 3.94. The van der Waals surface area contributed by atoms with E-state index in [4.69, 9.17) is 0 Å². The van der Waals surface area contributed by atoms with Crippen LogP contribution in [0.15, 0.2) is 47.8 Å². The normalized spacial score (nSPS) is 15.3. The average Bonchev–Trinajstić information content (AvgIpc) is 3.14. The van der Waals surface area contributed by atoms with Gasteiger partial charge in [-0.15, -0.1) is 11.3 Å². The molecule has 1 unspecified atom stereocenters. The number of amides is 3. The summed E-state index contributed by atoms with van der Waals surface area (Å²) in [5, 5.41) is 7.65. The number of fused-ring (bicyclic) bond motifs is 1. The first kappa shape index (κ1) is 21.0. The molecule has 1 aliphatic rings. The molecule has 0 fully saturated rings. The maximum Gasteiger partial charge on any atom is 0.325 e. The van der Waals surface area contributed by atoms with Gasteiger partial charge < -0.3 is 10.2 Å². The van der Waals surface area contributed by atoms with Crippen molar-refractivity contribution in [1.82, 2.24) is 4.98 Å². The van der Waals surface area contributed by atoms with Crippen LogP contribution in [0, 0.1) is 12.7 Å². The molecule has 3 amide bonds. The van der Waals surface area contributed by atoms with E-state index in [1.807, 2.05) is 38.1 Å². The molecular formula is C23H23FN4O2S. The van der Waals surface area contributed by atoms with Crippen molar-refractivity contribution in [1.29, 1.82) is 0 Å². The average molecular weight is 439 g/mol. The van der Waals surface area contributed by atoms with Gasteiger partial charge in [-0.2, -0.15) is 0 Å². The van der Waals surface area contributed by atoms with Gasteiger partial charge in [0.1, 0.15) is 5.82 Å². The number of urea groups is 1. The standard InChI is InChI=1S/C23H23FN4O2S/c1-14-4-3-5-18(10-14)25-22(30)27-23-26-19(13-31-23)12-21(29)28-15(2)6-7-16-11-17(24)8-9-20(16)28/h3-5,8-11,13,15H,6-7,12H2,1-2H3,(H2,25,26,27,30). The zero-order chi connectivity index (χ0) is 22.0. The van der Waals surface area contributed by atoms with Crippen molar-refractivity contribution in [2.24, 2.45) is 0 Å². The lowest BCUT2D eigenvalue weighted by Crippen LogP contribution is -2.43. The third-order valence-corrected chi connectivity index (χ3v) is 6.03. The molecule has 0 saturated carbocycles. The minimum Gasteiger partial charge on any atom is -0.309 e. The fraction of sp³-hybridized carbons (Fsp3) is 0.261. The van der Waals surface area contributed by atoms with E-state index in [0.717, 1.165) is 29.7 Å². The van der Waals surface area contributed by atoms with Gasteiger partial charge in [0, 0.05) is 22.8 Å². The summed E-state index contributed by atoms with van der Waals surface area (Å²) in [7, 11) is 0. The quantitative estimate of drug-likeness (QED) is 0.592. The highest BCUT2D eigenvalue weighted by molar-refractivity contribution is 7.14. The smallest absolute Gasteiger partial charge is 0.309 e. The molecule has 0 spiro atoms. The Balaban J connectivity index is 1.41. The van der Waals surface area contributed by atoms with Gasteiger partial charge in [-0.3, -0.25) is 10.1 Å². The molecule has 0 aliphatic carbocycles. The van der Waals surface area contributed by atoms with E-state index in [1.54, 1.807) is 16.3 Å². The Morgan fingerprint density at radius 1 is 1.23 bits per heavy atom. The van der Waals surface area contributed by atoms with Crippen LogP contribution < -0.4 is 15.5 Å². The zero-order valence-electron chi connectivity index (χ0n) is 17.3. The van der Waals surface area contributed by atoms with Crippen molar-refractivity contribution in [3.8, 4) is 0 Å². The van der Waals surface area contributed by atoms with Gasteiger partial charge in [0.2, 0.25) is 5.91 Å². The second-order valence-corrected chi connectivity index (χ2v) is 8.55. The van der Waals surface area contributed by atoms with Gasteiger partial charge in [0.25, 0.3) is 0 Å². The highest BCUT2D eigenvalue weighted by Crippen LogP contribution is 2.32. The lowest BCUT2D eigenvalue weighted by atomic mass is 9.96. The van der Waals surface area contributed by atoms with E-state index in [9.17, 15) is 14.0 Å². The Hall–Kier alpha value is -3.26. The topological polar surface area (TPSA) is 74.3 Å². The maximum atomic E-state index is 13.6. The first-order chi connectivity index (χ1) is 14.9. The number of halogens is 1. The van der Waals surface area contributed by atoms with Gasteiger partial charge in [-0.1, -0.05) is 12.1 Å². The SMILES string of the molecule is Cc1cccc(NC(=O)Nc2nc(CC(=O)N3c4ccc(F)cc4CCC3C)cs2)c1. The Labute approximate surface area is 184 Å². The van der Waals surface area contributed by atoms with Crippen molar-refractivity contribution in [2.75, 3.05) is 15.5 Å². The molecule has 1 aliphatic heterocycles. The molecule has 1 aromatic heterocycles. The third kappa shape index (κ3) is 4.91. The largest absolute Gasteiger partial charge is 0.325 e. The van der Waals surface area contributed by atoms with Gasteiger partial charge in [0.15, 0.2) is 5.13 Å². The number of aromatic nitrogens is 1. The minimum atomic E-state index is -0.390. The summed E-state index contributed by atoms with van der Waals surface area (Å²) >= 11 is 1.27.